The Bertz CT molecular complexity index is 648. The molecule has 2 atom stereocenters. The van der Waals surface area contributed by atoms with Gasteiger partial charge in [-0.1, -0.05) is 20.8 Å². The zero-order valence-electron chi connectivity index (χ0n) is 12.5. The molecule has 1 aromatic carbocycles. The molecule has 2 fully saturated rings. The van der Waals surface area contributed by atoms with Crippen LogP contribution in [-0.4, -0.2) is 21.1 Å². The predicted molar refractivity (Wildman–Crippen MR) is 79.0 cm³/mol. The van der Waals surface area contributed by atoms with Gasteiger partial charge in [-0.15, -0.1) is 0 Å². The molecular weight excluding hydrogens is 268 g/mol. The molecule has 2 saturated carbocycles. The summed E-state index contributed by atoms with van der Waals surface area (Å²) in [6, 6.07) is 2.72. The van der Waals surface area contributed by atoms with Gasteiger partial charge in [-0.2, -0.15) is 0 Å². The van der Waals surface area contributed by atoms with Gasteiger partial charge in [0.05, 0.1) is 0 Å². The summed E-state index contributed by atoms with van der Waals surface area (Å²) in [6.07, 6.45) is 3.63. The average Bonchev–Trinajstić information content (AvgIpc) is 2.70. The van der Waals surface area contributed by atoms with E-state index in [1.807, 2.05) is 6.92 Å². The highest BCUT2D eigenvalue weighted by Gasteiger charge is 2.63. The smallest absolute Gasteiger partial charge is 0.200 e. The van der Waals surface area contributed by atoms with Gasteiger partial charge in [0.15, 0.2) is 23.0 Å². The number of fused-ring (bicyclic) bond motifs is 2. The second kappa shape index (κ2) is 4.03. The van der Waals surface area contributed by atoms with E-state index in [1.165, 1.54) is 12.1 Å². The Morgan fingerprint density at radius 2 is 1.71 bits per heavy atom. The lowest BCUT2D eigenvalue weighted by atomic mass is 9.70. The van der Waals surface area contributed by atoms with Crippen LogP contribution < -0.4 is 0 Å². The maximum absolute atomic E-state index is 12.7. The van der Waals surface area contributed by atoms with Gasteiger partial charge in [0.2, 0.25) is 0 Å². The van der Waals surface area contributed by atoms with Crippen LogP contribution in [-0.2, 0) is 4.79 Å². The van der Waals surface area contributed by atoms with Gasteiger partial charge in [-0.3, -0.25) is 4.79 Å². The maximum Gasteiger partial charge on any atom is 0.200 e. The third-order valence-corrected chi connectivity index (χ3v) is 5.78. The molecule has 3 N–H and O–H groups in total. The Balaban J connectivity index is 2.08. The summed E-state index contributed by atoms with van der Waals surface area (Å²) in [7, 11) is 0. The summed E-state index contributed by atoms with van der Waals surface area (Å²) < 4.78 is 0. The molecule has 2 aliphatic rings. The number of phenols is 3. The molecule has 4 nitrogen and oxygen atoms in total. The van der Waals surface area contributed by atoms with E-state index in [-0.39, 0.29) is 34.0 Å². The van der Waals surface area contributed by atoms with Crippen molar-refractivity contribution in [3.8, 4) is 17.2 Å². The first kappa shape index (κ1) is 14.0. The van der Waals surface area contributed by atoms with Crippen LogP contribution in [0.15, 0.2) is 17.7 Å². The molecule has 0 aromatic heterocycles. The third kappa shape index (κ3) is 1.65. The molecule has 0 saturated heterocycles. The number of aromatic hydroxyl groups is 3. The fourth-order valence-electron chi connectivity index (χ4n) is 3.98. The lowest BCUT2D eigenvalue weighted by Gasteiger charge is -2.31. The van der Waals surface area contributed by atoms with E-state index in [9.17, 15) is 20.1 Å². The van der Waals surface area contributed by atoms with Gasteiger partial charge in [0, 0.05) is 5.41 Å². The van der Waals surface area contributed by atoms with Crippen molar-refractivity contribution in [2.75, 3.05) is 0 Å². The minimum atomic E-state index is -0.538. The third-order valence-electron chi connectivity index (χ3n) is 5.78. The summed E-state index contributed by atoms with van der Waals surface area (Å²) in [4.78, 5) is 12.7. The summed E-state index contributed by atoms with van der Waals surface area (Å²) in [5, 5.41) is 28.5. The second-order valence-electron chi connectivity index (χ2n) is 6.98. The molecule has 1 aromatic rings. The Kier molecular flexibility index (Phi) is 2.68. The van der Waals surface area contributed by atoms with Crippen molar-refractivity contribution >= 4 is 11.9 Å². The van der Waals surface area contributed by atoms with Crippen LogP contribution in [0.2, 0.25) is 0 Å². The number of carbonyl (C=O) groups is 1. The van der Waals surface area contributed by atoms with Crippen LogP contribution in [0, 0.1) is 16.7 Å². The van der Waals surface area contributed by atoms with Gasteiger partial charge in [-0.05, 0) is 53.5 Å². The maximum atomic E-state index is 12.7. The Hall–Kier alpha value is -1.97. The highest BCUT2D eigenvalue weighted by molar-refractivity contribution is 6.08. The molecule has 0 amide bonds. The van der Waals surface area contributed by atoms with Crippen LogP contribution >= 0.6 is 0 Å². The van der Waals surface area contributed by atoms with Crippen LogP contribution in [0.1, 0.15) is 39.2 Å². The molecule has 2 aliphatic carbocycles. The van der Waals surface area contributed by atoms with Gasteiger partial charge in [0.1, 0.15) is 0 Å². The molecule has 112 valence electrons. The van der Waals surface area contributed by atoms with Crippen molar-refractivity contribution in [2.45, 2.75) is 33.6 Å². The minimum Gasteiger partial charge on any atom is -0.504 e. The van der Waals surface area contributed by atoms with Gasteiger partial charge in [0.25, 0.3) is 0 Å². The molecule has 4 heteroatoms. The Morgan fingerprint density at radius 3 is 2.19 bits per heavy atom. The number of hydrogen-bond acceptors (Lipinski definition) is 4. The number of benzene rings is 1. The van der Waals surface area contributed by atoms with E-state index >= 15 is 0 Å². The first-order chi connectivity index (χ1) is 9.68. The SMILES string of the molecule is CC12CCC(C(=Cc3cc(O)c(O)c(O)c3)C1=O)C2(C)C. The van der Waals surface area contributed by atoms with Gasteiger partial charge in [-0.25, -0.2) is 0 Å². The second-order valence-corrected chi connectivity index (χ2v) is 6.98. The van der Waals surface area contributed by atoms with Crippen molar-refractivity contribution in [1.82, 2.24) is 0 Å². The summed E-state index contributed by atoms with van der Waals surface area (Å²) in [5.74, 6) is -0.946. The zero-order chi connectivity index (χ0) is 15.6. The van der Waals surface area contributed by atoms with Crippen LogP contribution in [0.4, 0.5) is 0 Å². The summed E-state index contributed by atoms with van der Waals surface area (Å²) in [6.45, 7) is 6.30. The normalized spacial score (nSPS) is 32.0. The minimum absolute atomic E-state index is 0.0725. The molecular formula is C17H20O4. The first-order valence-electron chi connectivity index (χ1n) is 7.20. The molecule has 0 aliphatic heterocycles. The highest BCUT2D eigenvalue weighted by atomic mass is 16.3. The van der Waals surface area contributed by atoms with Crippen LogP contribution in [0.25, 0.3) is 6.08 Å². The van der Waals surface area contributed by atoms with E-state index in [1.54, 1.807) is 6.08 Å². The number of Topliss-reactive ketones (excluding diaryl/α,β-unsaturated/α-hetero) is 1. The van der Waals surface area contributed by atoms with E-state index in [0.29, 0.717) is 5.56 Å². The van der Waals surface area contributed by atoms with Crippen molar-refractivity contribution < 1.29 is 20.1 Å². The van der Waals surface area contributed by atoms with Crippen molar-refractivity contribution in [1.29, 1.82) is 0 Å². The molecule has 3 rings (SSSR count). The van der Waals surface area contributed by atoms with Gasteiger partial charge < -0.3 is 15.3 Å². The fourth-order valence-corrected chi connectivity index (χ4v) is 3.98. The van der Waals surface area contributed by atoms with Gasteiger partial charge >= 0.3 is 0 Å². The molecule has 0 radical (unpaired) electrons. The molecule has 2 bridgehead atoms. The number of rotatable bonds is 1. The van der Waals surface area contributed by atoms with Crippen LogP contribution in [0.5, 0.6) is 17.2 Å². The Morgan fingerprint density at radius 1 is 1.14 bits per heavy atom. The first-order valence-corrected chi connectivity index (χ1v) is 7.20. The molecule has 0 spiro atoms. The largest absolute Gasteiger partial charge is 0.504 e. The molecule has 0 heterocycles. The quantitative estimate of drug-likeness (QED) is 0.547. The topological polar surface area (TPSA) is 77.8 Å². The van der Waals surface area contributed by atoms with Crippen molar-refractivity contribution in [3.05, 3.63) is 23.3 Å². The van der Waals surface area contributed by atoms with Crippen LogP contribution in [0.3, 0.4) is 0 Å². The highest BCUT2D eigenvalue weighted by Crippen LogP contribution is 2.65. The molecule has 21 heavy (non-hydrogen) atoms. The van der Waals surface area contributed by atoms with E-state index in [2.05, 4.69) is 13.8 Å². The monoisotopic (exact) mass is 288 g/mol. The molecule has 2 unspecified atom stereocenters. The zero-order valence-corrected chi connectivity index (χ0v) is 12.5. The number of carbonyl (C=O) groups excluding carboxylic acids is 1. The number of allylic oxidation sites excluding steroid dienone is 1. The Labute approximate surface area is 123 Å². The number of phenolic OH excluding ortho intramolecular Hbond substituents is 3. The standard InChI is InChI=1S/C17H20O4/c1-16(2)11-4-5-17(16,3)15(21)10(11)6-9-7-12(18)14(20)13(19)8-9/h6-8,11,18-20H,4-5H2,1-3H3. The van der Waals surface area contributed by atoms with E-state index < -0.39 is 5.75 Å². The summed E-state index contributed by atoms with van der Waals surface area (Å²) in [5.41, 5.74) is 0.887. The number of ketones is 1. The fraction of sp³-hybridized carbons (Fsp3) is 0.471. The average molecular weight is 288 g/mol. The number of hydrogen-bond donors (Lipinski definition) is 3. The van der Waals surface area contributed by atoms with Crippen molar-refractivity contribution in [3.63, 3.8) is 0 Å². The van der Waals surface area contributed by atoms with E-state index in [0.717, 1.165) is 18.4 Å². The predicted octanol–water partition coefficient (Wildman–Crippen LogP) is 3.21. The lowest BCUT2D eigenvalue weighted by molar-refractivity contribution is -0.125. The summed E-state index contributed by atoms with van der Waals surface area (Å²) >= 11 is 0. The lowest BCUT2D eigenvalue weighted by Crippen LogP contribution is -2.32. The van der Waals surface area contributed by atoms with E-state index in [4.69, 9.17) is 0 Å². The van der Waals surface area contributed by atoms with Crippen molar-refractivity contribution in [2.24, 2.45) is 16.7 Å².